The smallest absolute Gasteiger partial charge is 0.311 e. The van der Waals surface area contributed by atoms with Crippen molar-refractivity contribution in [2.24, 2.45) is 5.92 Å². The standard InChI is InChI=1S/C39H57NO4/c1-3-4-5-6-7-8-9-10-11-12-13-14-15-16-17-32(37(41)42)31-21-20-30-26-33-39(43)23-22-28(2)36-38(39,34(30)35(31)44-36)24-25-40(33)27-29-18-19-29/h10-11,20-21,29,32-33,36,43H,2-9,12-19,22-27H2,1H3,(H,41,42)/b11-10+/t32?,33?,36-,38-,39+/m0/s1. The van der Waals surface area contributed by atoms with Crippen LogP contribution in [0, 0.1) is 5.92 Å². The Hall–Kier alpha value is -2.11. The first-order valence-electron chi connectivity index (χ1n) is 18.3. The van der Waals surface area contributed by atoms with Crippen LogP contribution in [0.25, 0.3) is 0 Å². The Labute approximate surface area is 266 Å². The maximum atomic E-state index is 12.7. The first kappa shape index (κ1) is 31.9. The molecule has 0 radical (unpaired) electrons. The van der Waals surface area contributed by atoms with Crippen LogP contribution in [0.1, 0.15) is 145 Å². The number of nitrogens with zero attached hydrogens (tertiary/aromatic N) is 1. The van der Waals surface area contributed by atoms with Gasteiger partial charge in [0, 0.05) is 23.7 Å². The van der Waals surface area contributed by atoms with E-state index < -0.39 is 22.9 Å². The highest BCUT2D eigenvalue weighted by Crippen LogP contribution is 2.66. The van der Waals surface area contributed by atoms with Crippen molar-refractivity contribution in [3.63, 3.8) is 0 Å². The van der Waals surface area contributed by atoms with Crippen LogP contribution in [-0.2, 0) is 16.6 Å². The van der Waals surface area contributed by atoms with Gasteiger partial charge in [-0.2, -0.15) is 0 Å². The monoisotopic (exact) mass is 603 g/mol. The predicted molar refractivity (Wildman–Crippen MR) is 177 cm³/mol. The van der Waals surface area contributed by atoms with Gasteiger partial charge in [-0.25, -0.2) is 0 Å². The van der Waals surface area contributed by atoms with Crippen LogP contribution in [-0.4, -0.2) is 51.9 Å². The zero-order chi connectivity index (χ0) is 30.7. The summed E-state index contributed by atoms with van der Waals surface area (Å²) in [6, 6.07) is 4.32. The van der Waals surface area contributed by atoms with Gasteiger partial charge in [-0.05, 0) is 94.2 Å². The van der Waals surface area contributed by atoms with E-state index in [0.29, 0.717) is 6.42 Å². The molecule has 44 heavy (non-hydrogen) atoms. The Morgan fingerprint density at radius 3 is 2.45 bits per heavy atom. The molecule has 2 bridgehead atoms. The molecule has 5 atom stereocenters. The predicted octanol–water partition coefficient (Wildman–Crippen LogP) is 8.62. The van der Waals surface area contributed by atoms with Crippen molar-refractivity contribution < 1.29 is 19.7 Å². The SMILES string of the molecule is C=C1CC[C@@]2(O)C3Cc4ccc(C(CCCCCC/C=C/CCCCCCCC)C(=O)O)c5c4[C@@]2(CCN3CC2CC2)[C@H]1O5. The van der Waals surface area contributed by atoms with Crippen molar-refractivity contribution >= 4 is 5.97 Å². The summed E-state index contributed by atoms with van der Waals surface area (Å²) < 4.78 is 6.82. The van der Waals surface area contributed by atoms with E-state index in [1.807, 2.05) is 6.07 Å². The normalized spacial score (nSPS) is 29.5. The molecule has 2 heterocycles. The van der Waals surface area contributed by atoms with E-state index in [-0.39, 0.29) is 12.1 Å². The third-order valence-corrected chi connectivity index (χ3v) is 11.9. The van der Waals surface area contributed by atoms with Gasteiger partial charge in [-0.1, -0.05) is 89.2 Å². The number of allylic oxidation sites excluding steroid dienone is 2. The second-order valence-corrected chi connectivity index (χ2v) is 14.9. The number of rotatable bonds is 18. The Morgan fingerprint density at radius 1 is 1.05 bits per heavy atom. The number of ether oxygens (including phenoxy) is 1. The number of piperidine rings is 1. The summed E-state index contributed by atoms with van der Waals surface area (Å²) >= 11 is 0. The van der Waals surface area contributed by atoms with Gasteiger partial charge in [0.05, 0.1) is 16.9 Å². The van der Waals surface area contributed by atoms with Crippen molar-refractivity contribution in [1.29, 1.82) is 0 Å². The van der Waals surface area contributed by atoms with Crippen molar-refractivity contribution in [1.82, 2.24) is 4.90 Å². The lowest BCUT2D eigenvalue weighted by molar-refractivity contribution is -0.174. The highest BCUT2D eigenvalue weighted by atomic mass is 16.5. The lowest BCUT2D eigenvalue weighted by Gasteiger charge is -2.63. The zero-order valence-electron chi connectivity index (χ0n) is 27.3. The number of unbranched alkanes of at least 4 members (excludes halogenated alkanes) is 10. The molecule has 2 saturated carbocycles. The molecule has 0 aromatic heterocycles. The van der Waals surface area contributed by atoms with Gasteiger partial charge >= 0.3 is 5.97 Å². The molecule has 0 amide bonds. The molecule has 6 rings (SSSR count). The van der Waals surface area contributed by atoms with Crippen LogP contribution >= 0.6 is 0 Å². The van der Waals surface area contributed by atoms with Crippen molar-refractivity contribution in [2.75, 3.05) is 13.1 Å². The van der Waals surface area contributed by atoms with E-state index in [2.05, 4.69) is 36.6 Å². The zero-order valence-corrected chi connectivity index (χ0v) is 27.3. The number of carboxylic acids is 1. The average Bonchev–Trinajstić information content (AvgIpc) is 3.75. The fraction of sp³-hybridized carbons (Fsp3) is 0.718. The second kappa shape index (κ2) is 13.7. The van der Waals surface area contributed by atoms with E-state index >= 15 is 0 Å². The minimum absolute atomic E-state index is 0.0982. The van der Waals surface area contributed by atoms with Crippen LogP contribution in [0.5, 0.6) is 5.75 Å². The van der Waals surface area contributed by atoms with Crippen molar-refractivity contribution in [2.45, 2.75) is 158 Å². The van der Waals surface area contributed by atoms with Crippen LogP contribution in [0.3, 0.4) is 0 Å². The molecular weight excluding hydrogens is 546 g/mol. The molecule has 5 heteroatoms. The molecule has 3 aliphatic carbocycles. The summed E-state index contributed by atoms with van der Waals surface area (Å²) in [6.45, 7) is 8.76. The molecule has 1 aromatic rings. The Bertz CT molecular complexity index is 1220. The quantitative estimate of drug-likeness (QED) is 0.130. The topological polar surface area (TPSA) is 70.0 Å². The molecule has 2 N–H and O–H groups in total. The summed E-state index contributed by atoms with van der Waals surface area (Å²) in [5.74, 6) is 0.199. The third-order valence-electron chi connectivity index (χ3n) is 11.9. The van der Waals surface area contributed by atoms with Gasteiger partial charge in [0.2, 0.25) is 0 Å². The average molecular weight is 604 g/mol. The van der Waals surface area contributed by atoms with Gasteiger partial charge in [0.15, 0.2) is 0 Å². The summed E-state index contributed by atoms with van der Waals surface area (Å²) in [7, 11) is 0. The molecule has 2 unspecified atom stereocenters. The Balaban J connectivity index is 1.08. The van der Waals surface area contributed by atoms with Crippen LogP contribution in [0.4, 0.5) is 0 Å². The van der Waals surface area contributed by atoms with Crippen molar-refractivity contribution in [3.8, 4) is 5.75 Å². The number of carbonyl (C=O) groups is 1. The third kappa shape index (κ3) is 5.93. The van der Waals surface area contributed by atoms with Crippen LogP contribution < -0.4 is 4.74 Å². The van der Waals surface area contributed by atoms with Crippen LogP contribution in [0.15, 0.2) is 36.4 Å². The van der Waals surface area contributed by atoms with Gasteiger partial charge in [0.25, 0.3) is 0 Å². The van der Waals surface area contributed by atoms with E-state index in [1.165, 1.54) is 69.8 Å². The number of aliphatic hydroxyl groups is 1. The number of likely N-dealkylation sites (tertiary alicyclic amines) is 1. The minimum atomic E-state index is -0.856. The summed E-state index contributed by atoms with van der Waals surface area (Å²) in [4.78, 5) is 15.3. The molecule has 242 valence electrons. The fourth-order valence-corrected chi connectivity index (χ4v) is 9.36. The van der Waals surface area contributed by atoms with E-state index in [1.54, 1.807) is 0 Å². The number of carboxylic acid groups (broad SMARTS) is 1. The number of hydrogen-bond acceptors (Lipinski definition) is 4. The Kier molecular flexibility index (Phi) is 9.93. The molecule has 3 fully saturated rings. The lowest BCUT2D eigenvalue weighted by Crippen LogP contribution is -2.75. The molecular formula is C39H57NO4. The van der Waals surface area contributed by atoms with E-state index in [9.17, 15) is 15.0 Å². The second-order valence-electron chi connectivity index (χ2n) is 14.9. The van der Waals surface area contributed by atoms with E-state index in [0.717, 1.165) is 92.8 Å². The van der Waals surface area contributed by atoms with Crippen molar-refractivity contribution in [3.05, 3.63) is 53.1 Å². The lowest BCUT2D eigenvalue weighted by atomic mass is 9.48. The highest BCUT2D eigenvalue weighted by Gasteiger charge is 2.71. The van der Waals surface area contributed by atoms with Gasteiger partial charge in [-0.3, -0.25) is 9.69 Å². The van der Waals surface area contributed by atoms with Gasteiger partial charge in [-0.15, -0.1) is 0 Å². The molecule has 1 saturated heterocycles. The largest absolute Gasteiger partial charge is 0.484 e. The number of aliphatic carboxylic acids is 1. The number of benzene rings is 1. The fourth-order valence-electron chi connectivity index (χ4n) is 9.36. The summed E-state index contributed by atoms with van der Waals surface area (Å²) in [5, 5.41) is 23.1. The first-order valence-corrected chi connectivity index (χ1v) is 18.3. The van der Waals surface area contributed by atoms with Gasteiger partial charge in [0.1, 0.15) is 11.9 Å². The molecule has 5 aliphatic rings. The molecule has 5 nitrogen and oxygen atoms in total. The van der Waals surface area contributed by atoms with Gasteiger partial charge < -0.3 is 14.9 Å². The molecule has 1 spiro atoms. The Morgan fingerprint density at radius 2 is 1.75 bits per heavy atom. The summed E-state index contributed by atoms with van der Waals surface area (Å²) in [5.41, 5.74) is 2.90. The first-order chi connectivity index (χ1) is 21.4. The molecule has 1 aromatic carbocycles. The minimum Gasteiger partial charge on any atom is -0.484 e. The number of hydrogen-bond donors (Lipinski definition) is 2. The maximum absolute atomic E-state index is 12.7. The van der Waals surface area contributed by atoms with Crippen LogP contribution in [0.2, 0.25) is 0 Å². The summed E-state index contributed by atoms with van der Waals surface area (Å²) in [6.07, 6.45) is 25.5. The molecule has 2 aliphatic heterocycles. The highest BCUT2D eigenvalue weighted by molar-refractivity contribution is 5.79. The maximum Gasteiger partial charge on any atom is 0.311 e. The van der Waals surface area contributed by atoms with E-state index in [4.69, 9.17) is 4.74 Å².